The Bertz CT molecular complexity index is 2170. The molecule has 0 aromatic heterocycles. The first-order valence-electron chi connectivity index (χ1n) is 16.6. The summed E-state index contributed by atoms with van der Waals surface area (Å²) in [7, 11) is 0. The molecule has 0 saturated heterocycles. The largest absolute Gasteiger partial charge is 0.147 e. The maximum Gasteiger partial charge on any atom is -0.147 e. The van der Waals surface area contributed by atoms with E-state index in [1.165, 1.54) is 60.8 Å². The summed E-state index contributed by atoms with van der Waals surface area (Å²) in [4.78, 5) is 0. The number of hydrogen-bond acceptors (Lipinski definition) is 0. The number of fused-ring (bicyclic) bond motifs is 3. The molecule has 2 aliphatic carbocycles. The average Bonchev–Trinajstić information content (AvgIpc) is 3.58. The second kappa shape index (κ2) is 12.8. The zero-order valence-electron chi connectivity index (χ0n) is 29.1. The third kappa shape index (κ3) is 5.72. The molecule has 0 saturated carbocycles. The normalized spacial score (nSPS) is 17.1. The van der Waals surface area contributed by atoms with Gasteiger partial charge in [-0.3, -0.25) is 0 Å². The average molecular weight is 755 g/mol. The van der Waals surface area contributed by atoms with Crippen molar-refractivity contribution in [3.63, 3.8) is 0 Å². The Hall–Kier alpha value is -2.48. The SMILES string of the molecule is CC1=Cc2c(-c3cccc4ccccc34)ccc(C)c2[CH]1[Zr]([CH3])([CH3])(=[SiH2])[CH]1C(C(C)C)=Cc2c(-c3ccc(C)cc3C)cccc21.Cl.Cl. The van der Waals surface area contributed by atoms with Crippen molar-refractivity contribution in [3.8, 4) is 22.3 Å². The molecule has 2 aliphatic rings. The van der Waals surface area contributed by atoms with Gasteiger partial charge in [0.25, 0.3) is 0 Å². The van der Waals surface area contributed by atoms with Crippen LogP contribution in [0.25, 0.3) is 45.2 Å². The van der Waals surface area contributed by atoms with Crippen LogP contribution in [0.1, 0.15) is 67.0 Å². The number of benzene rings is 5. The molecule has 0 N–H and O–H groups in total. The van der Waals surface area contributed by atoms with Crippen LogP contribution in [-0.4, -0.2) is 6.88 Å². The van der Waals surface area contributed by atoms with Gasteiger partial charge in [0.15, 0.2) is 0 Å². The molecule has 2 atom stereocenters. The molecule has 7 rings (SSSR count). The minimum atomic E-state index is -3.72. The molecule has 5 aromatic carbocycles. The van der Waals surface area contributed by atoms with Crippen molar-refractivity contribution in [2.45, 2.75) is 58.1 Å². The third-order valence-electron chi connectivity index (χ3n) is 11.0. The molecule has 0 aliphatic heterocycles. The van der Waals surface area contributed by atoms with Crippen molar-refractivity contribution >= 4 is 54.6 Å². The second-order valence-electron chi connectivity index (χ2n) is 15.4. The van der Waals surface area contributed by atoms with E-state index in [1.807, 2.05) is 0 Å². The molecule has 0 fully saturated rings. The van der Waals surface area contributed by atoms with E-state index in [2.05, 4.69) is 161 Å². The standard InChI is InChI=1S/C21H17.C20H21.2CH3.2ClH.H2Si.Zr/c1-14-12-20-15(2)10-11-19(21(20)13-14)18-9-5-7-16-6-3-4-8-17(16)18;1-13(2)17-11-16-6-5-7-19(20(16)12-17)18-9-8-14(3)10-15(18)4;;;;;;/h3-13H,1-2H3;5-13H,1-4H3;2*1H3;2*1H;1H2;. The Morgan fingerprint density at radius 3 is 1.98 bits per heavy atom. The summed E-state index contributed by atoms with van der Waals surface area (Å²) in [5, 5.41) is 2.64. The number of allylic oxidation sites excluding steroid dienone is 2. The first-order chi connectivity index (χ1) is 21.4. The fourth-order valence-corrected chi connectivity index (χ4v) is 29.9. The van der Waals surface area contributed by atoms with Gasteiger partial charge in [0.1, 0.15) is 0 Å². The molecule has 242 valence electrons. The van der Waals surface area contributed by atoms with E-state index in [9.17, 15) is 0 Å². The fraction of sp³-hybridized carbons (Fsp3) is 0.256. The zero-order chi connectivity index (χ0) is 31.9. The van der Waals surface area contributed by atoms with Gasteiger partial charge in [-0.25, -0.2) is 0 Å². The molecule has 0 radical (unpaired) electrons. The van der Waals surface area contributed by atoms with E-state index >= 15 is 0 Å². The molecule has 2 unspecified atom stereocenters. The van der Waals surface area contributed by atoms with Crippen LogP contribution in [0.15, 0.2) is 102 Å². The Kier molecular flexibility index (Phi) is 9.73. The van der Waals surface area contributed by atoms with Crippen LogP contribution in [0.3, 0.4) is 0 Å². The van der Waals surface area contributed by atoms with Crippen LogP contribution in [0, 0.1) is 26.7 Å². The Labute approximate surface area is 297 Å². The second-order valence-corrected chi connectivity index (χ2v) is 45.9. The molecule has 47 heavy (non-hydrogen) atoms. The molecule has 0 heterocycles. The molecular weight excluding hydrogens is 707 g/mol. The predicted molar refractivity (Wildman–Crippen MR) is 212 cm³/mol. The van der Waals surface area contributed by atoms with Crippen LogP contribution >= 0.6 is 24.8 Å². The van der Waals surface area contributed by atoms with Gasteiger partial charge in [-0.1, -0.05) is 0 Å². The summed E-state index contributed by atoms with van der Waals surface area (Å²) in [5.41, 5.74) is 18.9. The molecule has 5 aromatic rings. The van der Waals surface area contributed by atoms with Crippen molar-refractivity contribution < 1.29 is 17.4 Å². The van der Waals surface area contributed by atoms with Crippen molar-refractivity contribution in [2.24, 2.45) is 5.92 Å². The Balaban J connectivity index is 0.00000217. The summed E-state index contributed by atoms with van der Waals surface area (Å²) < 4.78 is 6.56. The number of rotatable bonds is 5. The third-order valence-corrected chi connectivity index (χ3v) is 28.6. The topological polar surface area (TPSA) is 0 Å². The van der Waals surface area contributed by atoms with Gasteiger partial charge in [-0.05, 0) is 0 Å². The van der Waals surface area contributed by atoms with Gasteiger partial charge in [-0.15, -0.1) is 24.8 Å². The summed E-state index contributed by atoms with van der Waals surface area (Å²) >= 11 is -3.72. The smallest absolute Gasteiger partial charge is 0.147 e. The van der Waals surface area contributed by atoms with Gasteiger partial charge in [0.2, 0.25) is 0 Å². The summed E-state index contributed by atoms with van der Waals surface area (Å²) in [5.74, 6) is 0.500. The van der Waals surface area contributed by atoms with Gasteiger partial charge < -0.3 is 0 Å². The van der Waals surface area contributed by atoms with Crippen LogP contribution < -0.4 is 0 Å². The van der Waals surface area contributed by atoms with Gasteiger partial charge in [0, 0.05) is 0 Å². The van der Waals surface area contributed by atoms with Crippen LogP contribution in [0.4, 0.5) is 0 Å². The molecule has 0 amide bonds. The van der Waals surface area contributed by atoms with E-state index in [0.717, 1.165) is 0 Å². The number of hydrogen-bond donors (Lipinski definition) is 0. The minimum Gasteiger partial charge on any atom is -0.147 e. The predicted octanol–water partition coefficient (Wildman–Crippen LogP) is 12.5. The quantitative estimate of drug-likeness (QED) is 0.157. The van der Waals surface area contributed by atoms with E-state index in [0.29, 0.717) is 13.2 Å². The first kappa shape index (κ1) is 35.8. The van der Waals surface area contributed by atoms with Crippen molar-refractivity contribution in [1.29, 1.82) is 0 Å². The van der Waals surface area contributed by atoms with Crippen LogP contribution in [0.2, 0.25) is 9.26 Å². The molecule has 4 heteroatoms. The zero-order valence-corrected chi connectivity index (χ0v) is 34.6. The summed E-state index contributed by atoms with van der Waals surface area (Å²) in [6.07, 6.45) is 5.18. The summed E-state index contributed by atoms with van der Waals surface area (Å²) in [6, 6.07) is 34.5. The Morgan fingerprint density at radius 1 is 0.617 bits per heavy atom. The molecule has 0 bridgehead atoms. The number of halogens is 2. The molecule has 0 nitrogen and oxygen atoms in total. The molecule has 0 spiro atoms. The van der Waals surface area contributed by atoms with Gasteiger partial charge in [0.05, 0.1) is 0 Å². The van der Waals surface area contributed by atoms with E-state index in [-0.39, 0.29) is 24.8 Å². The van der Waals surface area contributed by atoms with E-state index < -0.39 is 17.4 Å². The van der Waals surface area contributed by atoms with Crippen molar-refractivity contribution in [1.82, 2.24) is 0 Å². The fourth-order valence-electron chi connectivity index (χ4n) is 9.24. The van der Waals surface area contributed by atoms with E-state index in [4.69, 9.17) is 0 Å². The summed E-state index contributed by atoms with van der Waals surface area (Å²) in [6.45, 7) is 16.6. The Morgan fingerprint density at radius 2 is 1.26 bits per heavy atom. The monoisotopic (exact) mass is 752 g/mol. The van der Waals surface area contributed by atoms with Crippen molar-refractivity contribution in [2.75, 3.05) is 0 Å². The van der Waals surface area contributed by atoms with Crippen LogP contribution in [-0.2, 0) is 17.4 Å². The first-order valence-corrected chi connectivity index (χ1v) is 30.3. The maximum atomic E-state index is 2.78. The van der Waals surface area contributed by atoms with Crippen molar-refractivity contribution in [3.05, 3.63) is 141 Å². The minimum absolute atomic E-state index is 0. The van der Waals surface area contributed by atoms with E-state index in [1.54, 1.807) is 22.3 Å². The van der Waals surface area contributed by atoms with Gasteiger partial charge in [-0.2, -0.15) is 0 Å². The van der Waals surface area contributed by atoms with Crippen LogP contribution in [0.5, 0.6) is 0 Å². The van der Waals surface area contributed by atoms with Gasteiger partial charge >= 0.3 is 275 Å². The number of aryl methyl sites for hydroxylation is 3. The maximum absolute atomic E-state index is 3.72. The molecular formula is C43H48Cl2SiZr.